The van der Waals surface area contributed by atoms with Gasteiger partial charge in [0.25, 0.3) is 0 Å². The summed E-state index contributed by atoms with van der Waals surface area (Å²) < 4.78 is 5.69. The summed E-state index contributed by atoms with van der Waals surface area (Å²) in [7, 11) is 0. The van der Waals surface area contributed by atoms with Gasteiger partial charge >= 0.3 is 0 Å². The second kappa shape index (κ2) is 10.4. The molecule has 2 fully saturated rings. The third-order valence-electron chi connectivity index (χ3n) is 5.96. The lowest BCUT2D eigenvalue weighted by atomic mass is 10.1. The van der Waals surface area contributed by atoms with E-state index in [0.29, 0.717) is 18.2 Å². The zero-order valence-corrected chi connectivity index (χ0v) is 18.8. The number of piperazine rings is 1. The Kier molecular flexibility index (Phi) is 7.15. The summed E-state index contributed by atoms with van der Waals surface area (Å²) in [6, 6.07) is 16.7. The van der Waals surface area contributed by atoms with Crippen LogP contribution in [0.2, 0.25) is 0 Å². The highest BCUT2D eigenvalue weighted by Crippen LogP contribution is 2.28. The van der Waals surface area contributed by atoms with Gasteiger partial charge in [-0.15, -0.1) is 0 Å². The first kappa shape index (κ1) is 22.0. The number of nitrogens with one attached hydrogen (secondary N) is 1. The summed E-state index contributed by atoms with van der Waals surface area (Å²) in [5, 5.41) is 22.1. The van der Waals surface area contributed by atoms with Gasteiger partial charge in [-0.3, -0.25) is 4.90 Å². The van der Waals surface area contributed by atoms with Gasteiger partial charge in [-0.05, 0) is 35.9 Å². The fraction of sp³-hybridized carbons (Fsp3) is 0.400. The summed E-state index contributed by atoms with van der Waals surface area (Å²) in [5.74, 6) is 0. The average Bonchev–Trinajstić information content (AvgIpc) is 2.88. The quantitative estimate of drug-likeness (QED) is 0.677. The van der Waals surface area contributed by atoms with Crippen molar-refractivity contribution in [1.82, 2.24) is 15.1 Å². The van der Waals surface area contributed by atoms with Crippen molar-refractivity contribution in [2.75, 3.05) is 49.6 Å². The molecule has 0 spiro atoms. The summed E-state index contributed by atoms with van der Waals surface area (Å²) >= 11 is 0. The number of nitrogens with zero attached hydrogens (tertiary/aromatic N) is 5. The number of benzene rings is 2. The van der Waals surface area contributed by atoms with Gasteiger partial charge in [0.1, 0.15) is 0 Å². The molecular weight excluding hydrogens is 400 g/mol. The Morgan fingerprint density at radius 2 is 2.06 bits per heavy atom. The fourth-order valence-corrected chi connectivity index (χ4v) is 4.31. The smallest absolute Gasteiger partial charge is 0.0991 e. The molecule has 7 heteroatoms. The Labute approximate surface area is 189 Å². The largest absolute Gasteiger partial charge is 0.379 e. The predicted octanol–water partition coefficient (Wildman–Crippen LogP) is 3.66. The topological polar surface area (TPSA) is 77.3 Å². The van der Waals surface area contributed by atoms with Crippen LogP contribution in [0.4, 0.5) is 11.4 Å². The minimum Gasteiger partial charge on any atom is -0.379 e. The number of aromatic nitrogens is 2. The van der Waals surface area contributed by atoms with Crippen molar-refractivity contribution in [2.45, 2.75) is 26.4 Å². The van der Waals surface area contributed by atoms with Gasteiger partial charge in [-0.25, -0.2) is 0 Å². The third-order valence-corrected chi connectivity index (χ3v) is 5.96. The van der Waals surface area contributed by atoms with Gasteiger partial charge in [0.15, 0.2) is 0 Å². The molecule has 2 aliphatic heterocycles. The van der Waals surface area contributed by atoms with E-state index in [2.05, 4.69) is 43.5 Å². The van der Waals surface area contributed by atoms with E-state index in [1.165, 1.54) is 5.69 Å². The Morgan fingerprint density at radius 1 is 1.16 bits per heavy atom. The second-order valence-corrected chi connectivity index (χ2v) is 7.84. The predicted molar refractivity (Wildman–Crippen MR) is 128 cm³/mol. The van der Waals surface area contributed by atoms with E-state index < -0.39 is 0 Å². The number of hydrogen-bond acceptors (Lipinski definition) is 7. The molecule has 0 bridgehead atoms. The number of hydrogen-bond donors (Lipinski definition) is 1. The lowest BCUT2D eigenvalue weighted by Crippen LogP contribution is -2.58. The van der Waals surface area contributed by atoms with Crippen molar-refractivity contribution < 1.29 is 4.74 Å². The molecule has 0 radical (unpaired) electrons. The van der Waals surface area contributed by atoms with E-state index in [9.17, 15) is 0 Å². The summed E-state index contributed by atoms with van der Waals surface area (Å²) in [6.07, 6.45) is 1.77. The fourth-order valence-electron chi connectivity index (χ4n) is 4.31. The number of rotatable bonds is 4. The molecule has 7 nitrogen and oxygen atoms in total. The standard InChI is InChI=1S/C23H24N6O.C2H6/c24-12-17-2-1-3-18(10-17)13-25-23-14-26-27-22-5-4-19(11-21(22)23)29-7-6-28-8-9-30-16-20(28)15-29;1-2/h1-5,10-11,14,20H,6-9,13,15-16H2,(H,25,27);1-2H3. The van der Waals surface area contributed by atoms with Crippen LogP contribution in [-0.2, 0) is 11.3 Å². The minimum absolute atomic E-state index is 0.462. The molecule has 1 atom stereocenters. The lowest BCUT2D eigenvalue weighted by Gasteiger charge is -2.44. The molecular formula is C25H30N6O. The van der Waals surface area contributed by atoms with Crippen molar-refractivity contribution in [2.24, 2.45) is 0 Å². The maximum atomic E-state index is 9.11. The van der Waals surface area contributed by atoms with Crippen LogP contribution in [0.15, 0.2) is 48.7 Å². The first-order valence-corrected chi connectivity index (χ1v) is 11.4. The molecule has 0 amide bonds. The second-order valence-electron chi connectivity index (χ2n) is 7.84. The highest BCUT2D eigenvalue weighted by molar-refractivity contribution is 5.92. The van der Waals surface area contributed by atoms with Crippen molar-refractivity contribution in [3.8, 4) is 6.07 Å². The number of ether oxygens (including phenoxy) is 1. The maximum Gasteiger partial charge on any atom is 0.0991 e. The van der Waals surface area contributed by atoms with Crippen LogP contribution in [0, 0.1) is 11.3 Å². The molecule has 5 rings (SSSR count). The Morgan fingerprint density at radius 3 is 2.94 bits per heavy atom. The number of nitriles is 1. The lowest BCUT2D eigenvalue weighted by molar-refractivity contribution is -0.0116. The number of anilines is 2. The van der Waals surface area contributed by atoms with Crippen LogP contribution in [0.5, 0.6) is 0 Å². The van der Waals surface area contributed by atoms with Crippen molar-refractivity contribution in [3.63, 3.8) is 0 Å². The zero-order valence-electron chi connectivity index (χ0n) is 18.8. The molecule has 3 heterocycles. The van der Waals surface area contributed by atoms with Crippen molar-refractivity contribution in [3.05, 3.63) is 59.8 Å². The van der Waals surface area contributed by atoms with E-state index >= 15 is 0 Å². The Balaban J connectivity index is 0.00000119. The van der Waals surface area contributed by atoms with Crippen LogP contribution in [0.3, 0.4) is 0 Å². The summed E-state index contributed by atoms with van der Waals surface area (Å²) in [5.41, 5.74) is 4.75. The molecule has 0 saturated carbocycles. The summed E-state index contributed by atoms with van der Waals surface area (Å²) in [6.45, 7) is 10.4. The highest BCUT2D eigenvalue weighted by Gasteiger charge is 2.29. The van der Waals surface area contributed by atoms with Gasteiger partial charge < -0.3 is 15.0 Å². The number of morpholine rings is 1. The SMILES string of the molecule is CC.N#Cc1cccc(CNc2cnnc3ccc(N4CCN5CCOCC5C4)cc23)c1. The monoisotopic (exact) mass is 430 g/mol. The first-order chi connectivity index (χ1) is 15.8. The highest BCUT2D eigenvalue weighted by atomic mass is 16.5. The van der Waals surface area contributed by atoms with Crippen molar-refractivity contribution in [1.29, 1.82) is 5.26 Å². The first-order valence-electron chi connectivity index (χ1n) is 11.4. The van der Waals surface area contributed by atoms with E-state index in [0.717, 1.165) is 61.5 Å². The molecule has 2 aromatic carbocycles. The van der Waals surface area contributed by atoms with E-state index in [4.69, 9.17) is 10.00 Å². The van der Waals surface area contributed by atoms with Gasteiger partial charge in [0.05, 0.1) is 48.3 Å². The molecule has 0 aliphatic carbocycles. The molecule has 166 valence electrons. The Bertz CT molecular complexity index is 1100. The van der Waals surface area contributed by atoms with E-state index in [1.807, 2.05) is 44.2 Å². The molecule has 1 N–H and O–H groups in total. The minimum atomic E-state index is 0.462. The average molecular weight is 431 g/mol. The van der Waals surface area contributed by atoms with E-state index in [-0.39, 0.29) is 0 Å². The van der Waals surface area contributed by atoms with Crippen LogP contribution >= 0.6 is 0 Å². The number of fused-ring (bicyclic) bond motifs is 2. The molecule has 3 aromatic rings. The van der Waals surface area contributed by atoms with Crippen LogP contribution in [-0.4, -0.2) is 60.5 Å². The molecule has 2 aliphatic rings. The van der Waals surface area contributed by atoms with Gasteiger partial charge in [-0.2, -0.15) is 15.5 Å². The van der Waals surface area contributed by atoms with Crippen molar-refractivity contribution >= 4 is 22.3 Å². The van der Waals surface area contributed by atoms with Crippen LogP contribution in [0.25, 0.3) is 10.9 Å². The molecule has 2 saturated heterocycles. The Hall–Kier alpha value is -3.21. The van der Waals surface area contributed by atoms with Gasteiger partial charge in [-0.1, -0.05) is 26.0 Å². The van der Waals surface area contributed by atoms with Crippen LogP contribution in [0.1, 0.15) is 25.0 Å². The van der Waals surface area contributed by atoms with Gasteiger partial charge in [0, 0.05) is 43.8 Å². The third kappa shape index (κ3) is 4.82. The van der Waals surface area contributed by atoms with Gasteiger partial charge in [0.2, 0.25) is 0 Å². The normalized spacial score (nSPS) is 18.3. The molecule has 1 unspecified atom stereocenters. The maximum absolute atomic E-state index is 9.11. The summed E-state index contributed by atoms with van der Waals surface area (Å²) in [4.78, 5) is 4.98. The van der Waals surface area contributed by atoms with E-state index in [1.54, 1.807) is 6.20 Å². The molecule has 32 heavy (non-hydrogen) atoms. The van der Waals surface area contributed by atoms with Crippen LogP contribution < -0.4 is 10.2 Å². The zero-order chi connectivity index (χ0) is 22.3. The molecule has 1 aromatic heterocycles.